The highest BCUT2D eigenvalue weighted by Crippen LogP contribution is 2.54. The van der Waals surface area contributed by atoms with Crippen molar-refractivity contribution in [3.05, 3.63) is 40.7 Å². The lowest BCUT2D eigenvalue weighted by molar-refractivity contribution is -0.116. The molecule has 0 amide bonds. The number of fused-ring (bicyclic) bond motifs is 6. The van der Waals surface area contributed by atoms with Gasteiger partial charge in [-0.05, 0) is 77.7 Å². The summed E-state index contributed by atoms with van der Waals surface area (Å²) in [4.78, 5) is 29.6. The molecule has 3 heteroatoms. The molecule has 0 aliphatic heterocycles. The first-order chi connectivity index (χ1) is 13.2. The average Bonchev–Trinajstić information content (AvgIpc) is 2.59. The molecule has 0 spiro atoms. The maximum absolute atomic E-state index is 12.2. The Morgan fingerprint density at radius 1 is 0.786 bits per heavy atom. The average molecular weight is 376 g/mol. The maximum Gasteiger partial charge on any atom is 0.156 e. The molecule has 1 aromatic rings. The summed E-state index contributed by atoms with van der Waals surface area (Å²) >= 11 is 0. The number of rotatable bonds is 0. The van der Waals surface area contributed by atoms with Crippen LogP contribution in [0.3, 0.4) is 0 Å². The largest absolute Gasteiger partial charge is 0.295 e. The van der Waals surface area contributed by atoms with Crippen molar-refractivity contribution in [3.63, 3.8) is 0 Å². The highest BCUT2D eigenvalue weighted by Gasteiger charge is 2.44. The quantitative estimate of drug-likeness (QED) is 0.643. The third kappa shape index (κ3) is 2.58. The number of carbonyl (C=O) groups excluding carboxylic acids is 2. The second-order valence-electron chi connectivity index (χ2n) is 10.6. The van der Waals surface area contributed by atoms with Crippen LogP contribution in [-0.2, 0) is 22.4 Å². The van der Waals surface area contributed by atoms with E-state index < -0.39 is 0 Å². The molecule has 0 saturated carbocycles. The molecule has 0 aromatic carbocycles. The van der Waals surface area contributed by atoms with Crippen molar-refractivity contribution in [1.29, 1.82) is 0 Å². The Bertz CT molecular complexity index is 901. The molecule has 146 valence electrons. The fourth-order valence-corrected chi connectivity index (χ4v) is 6.20. The van der Waals surface area contributed by atoms with E-state index in [2.05, 4.69) is 33.8 Å². The summed E-state index contributed by atoms with van der Waals surface area (Å²) in [5.41, 5.74) is 7.20. The van der Waals surface area contributed by atoms with Gasteiger partial charge in [0.2, 0.25) is 0 Å². The molecule has 0 saturated heterocycles. The van der Waals surface area contributed by atoms with Crippen molar-refractivity contribution >= 4 is 22.7 Å². The highest BCUT2D eigenvalue weighted by atomic mass is 16.1. The van der Waals surface area contributed by atoms with Crippen LogP contribution in [-0.4, -0.2) is 16.6 Å². The van der Waals surface area contributed by atoms with E-state index >= 15 is 0 Å². The number of carbonyl (C=O) groups is 2. The van der Waals surface area contributed by atoms with Crippen LogP contribution in [0.4, 0.5) is 0 Å². The minimum Gasteiger partial charge on any atom is -0.295 e. The zero-order valence-electron chi connectivity index (χ0n) is 17.4. The molecular formula is C25H29NO2. The Kier molecular flexibility index (Phi) is 3.70. The number of aromatic nitrogens is 1. The van der Waals surface area contributed by atoms with Crippen molar-refractivity contribution in [3.8, 4) is 0 Å². The summed E-state index contributed by atoms with van der Waals surface area (Å²) in [6, 6.07) is 2.27. The van der Waals surface area contributed by atoms with E-state index in [1.807, 2.05) is 12.2 Å². The van der Waals surface area contributed by atoms with Crippen LogP contribution in [0, 0.1) is 22.7 Å². The van der Waals surface area contributed by atoms with Gasteiger partial charge in [0, 0.05) is 35.4 Å². The number of allylic oxidation sites excluding steroid dienone is 4. The Hall–Kier alpha value is -2.03. The van der Waals surface area contributed by atoms with Crippen LogP contribution in [0.25, 0.3) is 11.1 Å². The van der Waals surface area contributed by atoms with Crippen molar-refractivity contribution in [2.45, 2.75) is 66.2 Å². The molecule has 0 N–H and O–H groups in total. The second kappa shape index (κ2) is 5.75. The zero-order valence-corrected chi connectivity index (χ0v) is 17.4. The van der Waals surface area contributed by atoms with Crippen molar-refractivity contribution in [2.24, 2.45) is 22.7 Å². The van der Waals surface area contributed by atoms with Gasteiger partial charge in [-0.2, -0.15) is 0 Å². The third-order valence-corrected chi connectivity index (χ3v) is 7.68. The lowest BCUT2D eigenvalue weighted by Gasteiger charge is -2.45. The molecule has 4 aliphatic rings. The maximum atomic E-state index is 12.2. The molecule has 0 bridgehead atoms. The second-order valence-corrected chi connectivity index (χ2v) is 10.6. The molecular weight excluding hydrogens is 346 g/mol. The van der Waals surface area contributed by atoms with Crippen molar-refractivity contribution in [1.82, 2.24) is 4.98 Å². The van der Waals surface area contributed by atoms with Gasteiger partial charge in [0.05, 0.1) is 0 Å². The summed E-state index contributed by atoms with van der Waals surface area (Å²) in [5, 5.41) is 0. The van der Waals surface area contributed by atoms with Crippen LogP contribution < -0.4 is 0 Å². The van der Waals surface area contributed by atoms with Crippen molar-refractivity contribution < 1.29 is 9.59 Å². The number of hydrogen-bond acceptors (Lipinski definition) is 3. The Balaban J connectivity index is 1.73. The van der Waals surface area contributed by atoms with E-state index in [4.69, 9.17) is 4.98 Å². The van der Waals surface area contributed by atoms with Gasteiger partial charge in [0.1, 0.15) is 0 Å². The fraction of sp³-hybridized carbons (Fsp3) is 0.560. The topological polar surface area (TPSA) is 47.0 Å². The lowest BCUT2D eigenvalue weighted by Crippen LogP contribution is -2.38. The number of hydrogen-bond donors (Lipinski definition) is 0. The van der Waals surface area contributed by atoms with Crippen LogP contribution in [0.1, 0.15) is 75.9 Å². The van der Waals surface area contributed by atoms with Gasteiger partial charge in [0.25, 0.3) is 0 Å². The van der Waals surface area contributed by atoms with E-state index in [1.165, 1.54) is 11.1 Å². The molecule has 5 rings (SSSR count). The van der Waals surface area contributed by atoms with Gasteiger partial charge in [-0.1, -0.05) is 27.7 Å². The van der Waals surface area contributed by atoms with Gasteiger partial charge >= 0.3 is 0 Å². The first-order valence-corrected chi connectivity index (χ1v) is 10.7. The molecule has 2 atom stereocenters. The minimum absolute atomic E-state index is 0.119. The summed E-state index contributed by atoms with van der Waals surface area (Å²) < 4.78 is 0. The van der Waals surface area contributed by atoms with E-state index in [0.717, 1.165) is 48.2 Å². The SMILES string of the molecule is CC1(C)Cc2nc3c(cc2C2=CC(=O)CCC21)C1=CC(=O)CCC1C(C)(C)C3. The van der Waals surface area contributed by atoms with Gasteiger partial charge in [0.15, 0.2) is 11.6 Å². The van der Waals surface area contributed by atoms with E-state index in [1.54, 1.807) is 0 Å². The van der Waals surface area contributed by atoms with E-state index in [-0.39, 0.29) is 22.4 Å². The summed E-state index contributed by atoms with van der Waals surface area (Å²) in [6.45, 7) is 9.25. The summed E-state index contributed by atoms with van der Waals surface area (Å²) in [7, 11) is 0. The molecule has 28 heavy (non-hydrogen) atoms. The first kappa shape index (κ1) is 18.0. The normalized spacial score (nSPS) is 29.7. The highest BCUT2D eigenvalue weighted by molar-refractivity contribution is 6.01. The smallest absolute Gasteiger partial charge is 0.156 e. The Morgan fingerprint density at radius 2 is 1.21 bits per heavy atom. The van der Waals surface area contributed by atoms with Crippen LogP contribution in [0.2, 0.25) is 0 Å². The molecule has 4 aliphatic carbocycles. The predicted molar refractivity (Wildman–Crippen MR) is 111 cm³/mol. The summed E-state index contributed by atoms with van der Waals surface area (Å²) in [6.07, 6.45) is 8.85. The number of nitrogens with zero attached hydrogens (tertiary/aromatic N) is 1. The molecule has 3 nitrogen and oxygen atoms in total. The summed E-state index contributed by atoms with van der Waals surface area (Å²) in [5.74, 6) is 1.29. The zero-order chi connectivity index (χ0) is 19.8. The number of ketones is 2. The fourth-order valence-electron chi connectivity index (χ4n) is 6.20. The van der Waals surface area contributed by atoms with E-state index in [9.17, 15) is 9.59 Å². The predicted octanol–water partition coefficient (Wildman–Crippen LogP) is 4.97. The monoisotopic (exact) mass is 375 g/mol. The lowest BCUT2D eigenvalue weighted by atomic mass is 9.59. The van der Waals surface area contributed by atoms with Crippen molar-refractivity contribution in [2.75, 3.05) is 0 Å². The molecule has 1 aromatic heterocycles. The van der Waals surface area contributed by atoms with Crippen LogP contribution >= 0.6 is 0 Å². The minimum atomic E-state index is 0.119. The first-order valence-electron chi connectivity index (χ1n) is 10.7. The Labute approximate surface area is 167 Å². The molecule has 1 heterocycles. The van der Waals surface area contributed by atoms with E-state index in [0.29, 0.717) is 24.7 Å². The molecule has 0 radical (unpaired) electrons. The van der Waals surface area contributed by atoms with Gasteiger partial charge in [-0.25, -0.2) is 0 Å². The third-order valence-electron chi connectivity index (χ3n) is 7.68. The van der Waals surface area contributed by atoms with Gasteiger partial charge in [-0.15, -0.1) is 0 Å². The van der Waals surface area contributed by atoms with Crippen LogP contribution in [0.5, 0.6) is 0 Å². The van der Waals surface area contributed by atoms with Crippen LogP contribution in [0.15, 0.2) is 18.2 Å². The van der Waals surface area contributed by atoms with Gasteiger partial charge < -0.3 is 0 Å². The standard InChI is InChI=1S/C25H29NO2/c1-24(2)12-22-18(16-9-14(27)5-7-20(16)24)11-19-17-10-15(28)6-8-21(17)25(3,4)13-23(19)26-22/h9-11,20-21H,5-8,12-13H2,1-4H3. The molecule has 0 fully saturated rings. The number of pyridine rings is 1. The Morgan fingerprint density at radius 3 is 1.64 bits per heavy atom. The van der Waals surface area contributed by atoms with Gasteiger partial charge in [-0.3, -0.25) is 14.6 Å². The molecule has 2 unspecified atom stereocenters.